The second-order valence-electron chi connectivity index (χ2n) is 6.23. The van der Waals surface area contributed by atoms with E-state index >= 15 is 0 Å². The highest BCUT2D eigenvalue weighted by Gasteiger charge is 2.24. The molecule has 0 saturated heterocycles. The zero-order valence-corrected chi connectivity index (χ0v) is 15.7. The van der Waals surface area contributed by atoms with Gasteiger partial charge in [-0.25, -0.2) is 14.2 Å². The molecule has 1 aliphatic rings. The van der Waals surface area contributed by atoms with Crippen molar-refractivity contribution in [2.45, 2.75) is 13.8 Å². The van der Waals surface area contributed by atoms with Crippen molar-refractivity contribution in [3.63, 3.8) is 0 Å². The average molecular weight is 381 g/mol. The Bertz CT molecular complexity index is 978. The molecule has 6 heteroatoms. The highest BCUT2D eigenvalue weighted by Crippen LogP contribution is 2.30. The van der Waals surface area contributed by atoms with E-state index in [9.17, 15) is 9.18 Å². The molecule has 0 N–H and O–H groups in total. The lowest BCUT2D eigenvalue weighted by Gasteiger charge is -2.12. The van der Waals surface area contributed by atoms with Gasteiger partial charge in [0, 0.05) is 5.56 Å². The molecule has 28 heavy (non-hydrogen) atoms. The highest BCUT2D eigenvalue weighted by molar-refractivity contribution is 6.12. The van der Waals surface area contributed by atoms with Crippen molar-refractivity contribution in [1.82, 2.24) is 0 Å². The Morgan fingerprint density at radius 3 is 2.75 bits per heavy atom. The van der Waals surface area contributed by atoms with Crippen LogP contribution in [0.15, 0.2) is 65.3 Å². The molecule has 3 rings (SSSR count). The Morgan fingerprint density at radius 2 is 2.04 bits per heavy atom. The maximum Gasteiger partial charge on any atom is 0.363 e. The van der Waals surface area contributed by atoms with Crippen molar-refractivity contribution in [2.24, 2.45) is 4.99 Å². The largest absolute Gasteiger partial charge is 0.490 e. The maximum atomic E-state index is 13.4. The molecule has 0 fully saturated rings. The van der Waals surface area contributed by atoms with Gasteiger partial charge >= 0.3 is 5.97 Å². The van der Waals surface area contributed by atoms with E-state index in [2.05, 4.69) is 11.6 Å². The first kappa shape index (κ1) is 19.4. The number of hydrogen-bond acceptors (Lipinski definition) is 5. The zero-order chi connectivity index (χ0) is 20.1. The molecule has 2 aromatic carbocycles. The summed E-state index contributed by atoms with van der Waals surface area (Å²) in [4.78, 5) is 16.3. The molecule has 0 spiro atoms. The van der Waals surface area contributed by atoms with Crippen LogP contribution in [-0.4, -0.2) is 25.1 Å². The molecule has 2 aromatic rings. The van der Waals surface area contributed by atoms with Crippen LogP contribution >= 0.6 is 0 Å². The standard InChI is InChI=1S/C22H20FNO4/c1-4-26-20-11-15(8-9-19(20)27-13-14(2)3)10-18-22(25)28-21(24-18)16-6-5-7-17(23)12-16/h5-12H,2,4,13H2,1,3H3/b18-10-. The zero-order valence-electron chi connectivity index (χ0n) is 15.7. The first-order valence-corrected chi connectivity index (χ1v) is 8.79. The van der Waals surface area contributed by atoms with Gasteiger partial charge in [0.1, 0.15) is 12.4 Å². The quantitative estimate of drug-likeness (QED) is 0.402. The molecule has 0 aliphatic carbocycles. The van der Waals surface area contributed by atoms with Gasteiger partial charge in [-0.1, -0.05) is 18.7 Å². The topological polar surface area (TPSA) is 57.1 Å². The second-order valence-corrected chi connectivity index (χ2v) is 6.23. The molecule has 5 nitrogen and oxygen atoms in total. The van der Waals surface area contributed by atoms with Gasteiger partial charge in [-0.3, -0.25) is 0 Å². The first-order chi connectivity index (χ1) is 13.5. The lowest BCUT2D eigenvalue weighted by Crippen LogP contribution is -2.05. The number of carbonyl (C=O) groups excluding carboxylic acids is 1. The molecule has 0 aromatic heterocycles. The first-order valence-electron chi connectivity index (χ1n) is 8.79. The van der Waals surface area contributed by atoms with Gasteiger partial charge in [0.05, 0.1) is 6.61 Å². The number of nitrogens with zero attached hydrogens (tertiary/aromatic N) is 1. The van der Waals surface area contributed by atoms with E-state index < -0.39 is 11.8 Å². The fourth-order valence-corrected chi connectivity index (χ4v) is 2.51. The van der Waals surface area contributed by atoms with Crippen LogP contribution in [0.3, 0.4) is 0 Å². The van der Waals surface area contributed by atoms with Crippen LogP contribution < -0.4 is 9.47 Å². The summed E-state index contributed by atoms with van der Waals surface area (Å²) in [7, 11) is 0. The van der Waals surface area contributed by atoms with E-state index in [4.69, 9.17) is 14.2 Å². The number of esters is 1. The normalized spacial score (nSPS) is 14.6. The van der Waals surface area contributed by atoms with Crippen molar-refractivity contribution in [3.05, 3.63) is 77.3 Å². The predicted octanol–water partition coefficient (Wildman–Crippen LogP) is 4.52. The predicted molar refractivity (Wildman–Crippen MR) is 105 cm³/mol. The van der Waals surface area contributed by atoms with Gasteiger partial charge in [0.25, 0.3) is 0 Å². The van der Waals surface area contributed by atoms with Crippen molar-refractivity contribution in [2.75, 3.05) is 13.2 Å². The monoisotopic (exact) mass is 381 g/mol. The van der Waals surface area contributed by atoms with Crippen LogP contribution in [0.5, 0.6) is 11.5 Å². The smallest absolute Gasteiger partial charge is 0.363 e. The Kier molecular flexibility index (Phi) is 5.89. The highest BCUT2D eigenvalue weighted by atomic mass is 19.1. The van der Waals surface area contributed by atoms with Crippen LogP contribution in [0.1, 0.15) is 25.0 Å². The second kappa shape index (κ2) is 8.52. The molecule has 0 radical (unpaired) electrons. The summed E-state index contributed by atoms with van der Waals surface area (Å²) >= 11 is 0. The Balaban J connectivity index is 1.88. The number of ether oxygens (including phenoxy) is 3. The average Bonchev–Trinajstić information content (AvgIpc) is 3.02. The Labute approximate surface area is 162 Å². The number of halogens is 1. The third kappa shape index (κ3) is 4.65. The molecular formula is C22H20FNO4. The van der Waals surface area contributed by atoms with Crippen LogP contribution in [0, 0.1) is 5.82 Å². The van der Waals surface area contributed by atoms with Crippen molar-refractivity contribution in [3.8, 4) is 11.5 Å². The van der Waals surface area contributed by atoms with E-state index in [0.717, 1.165) is 5.57 Å². The molecule has 1 heterocycles. The molecule has 1 aliphatic heterocycles. The van der Waals surface area contributed by atoms with Gasteiger partial charge < -0.3 is 14.2 Å². The van der Waals surface area contributed by atoms with E-state index in [-0.39, 0.29) is 11.6 Å². The summed E-state index contributed by atoms with van der Waals surface area (Å²) in [5, 5.41) is 0. The molecule has 0 atom stereocenters. The summed E-state index contributed by atoms with van der Waals surface area (Å²) < 4.78 is 29.9. The molecule has 0 bridgehead atoms. The number of hydrogen-bond donors (Lipinski definition) is 0. The number of cyclic esters (lactones) is 1. The molecular weight excluding hydrogens is 361 g/mol. The Hall–Kier alpha value is -3.41. The fourth-order valence-electron chi connectivity index (χ4n) is 2.51. The number of carbonyl (C=O) groups is 1. The molecule has 0 saturated carbocycles. The lowest BCUT2D eigenvalue weighted by molar-refractivity contribution is -0.129. The third-order valence-electron chi connectivity index (χ3n) is 3.74. The van der Waals surface area contributed by atoms with Crippen LogP contribution in [0.2, 0.25) is 0 Å². The van der Waals surface area contributed by atoms with Gasteiger partial charge in [-0.2, -0.15) is 0 Å². The van der Waals surface area contributed by atoms with Crippen molar-refractivity contribution in [1.29, 1.82) is 0 Å². The van der Waals surface area contributed by atoms with Crippen LogP contribution in [0.4, 0.5) is 4.39 Å². The minimum Gasteiger partial charge on any atom is -0.490 e. The van der Waals surface area contributed by atoms with Gasteiger partial charge in [0.15, 0.2) is 17.2 Å². The summed E-state index contributed by atoms with van der Waals surface area (Å²) in [6.07, 6.45) is 1.58. The SMILES string of the molecule is C=C(C)COc1ccc(/C=C2\N=C(c3cccc(F)c3)OC2=O)cc1OCC. The van der Waals surface area contributed by atoms with E-state index in [1.54, 1.807) is 30.3 Å². The summed E-state index contributed by atoms with van der Waals surface area (Å²) in [5.74, 6) is 0.186. The number of aliphatic imine (C=N–C) groups is 1. The molecule has 0 amide bonds. The van der Waals surface area contributed by atoms with Gasteiger partial charge in [0.2, 0.25) is 5.90 Å². The van der Waals surface area contributed by atoms with E-state index in [0.29, 0.717) is 35.8 Å². The van der Waals surface area contributed by atoms with Crippen LogP contribution in [0.25, 0.3) is 6.08 Å². The van der Waals surface area contributed by atoms with Crippen LogP contribution in [-0.2, 0) is 9.53 Å². The molecule has 144 valence electrons. The summed E-state index contributed by atoms with van der Waals surface area (Å²) in [6, 6.07) is 11.0. The van der Waals surface area contributed by atoms with Crippen molar-refractivity contribution >= 4 is 17.9 Å². The lowest BCUT2D eigenvalue weighted by atomic mass is 10.1. The Morgan fingerprint density at radius 1 is 1.21 bits per heavy atom. The van der Waals surface area contributed by atoms with Gasteiger partial charge in [-0.05, 0) is 61.4 Å². The van der Waals surface area contributed by atoms with Gasteiger partial charge in [-0.15, -0.1) is 0 Å². The third-order valence-corrected chi connectivity index (χ3v) is 3.74. The minimum absolute atomic E-state index is 0.0715. The van der Waals surface area contributed by atoms with Crippen molar-refractivity contribution < 1.29 is 23.4 Å². The summed E-state index contributed by atoms with van der Waals surface area (Å²) in [5.41, 5.74) is 2.11. The summed E-state index contributed by atoms with van der Waals surface area (Å²) in [6.45, 7) is 8.41. The van der Waals surface area contributed by atoms with E-state index in [1.807, 2.05) is 13.8 Å². The fraction of sp³-hybridized carbons (Fsp3) is 0.182. The molecule has 0 unspecified atom stereocenters. The number of benzene rings is 2. The minimum atomic E-state index is -0.597. The van der Waals surface area contributed by atoms with E-state index in [1.165, 1.54) is 18.2 Å². The maximum absolute atomic E-state index is 13.4. The number of rotatable bonds is 7.